The minimum Gasteiger partial charge on any atom is -0.405 e. The van der Waals surface area contributed by atoms with E-state index in [0.717, 1.165) is 15.1 Å². The number of rotatable bonds is 5. The van der Waals surface area contributed by atoms with Gasteiger partial charge in [0.25, 0.3) is 5.56 Å². The molecule has 0 aliphatic rings. The van der Waals surface area contributed by atoms with Crippen LogP contribution in [0, 0.1) is 16.7 Å². The van der Waals surface area contributed by atoms with E-state index in [0.29, 0.717) is 34.0 Å². The van der Waals surface area contributed by atoms with E-state index in [4.69, 9.17) is 16.4 Å². The van der Waals surface area contributed by atoms with Crippen LogP contribution in [-0.2, 0) is 20.0 Å². The Morgan fingerprint density at radius 2 is 2.25 bits per heavy atom. The predicted octanol–water partition coefficient (Wildman–Crippen LogP) is 1.76. The molecule has 4 rings (SSSR count). The highest BCUT2D eigenvalue weighted by Crippen LogP contribution is 2.31. The summed E-state index contributed by atoms with van der Waals surface area (Å²) in [6, 6.07) is 1.98. The summed E-state index contributed by atoms with van der Waals surface area (Å²) in [5.41, 5.74) is 7.00. The Hall–Kier alpha value is -3.36. The SMILES string of the molecule is Cn1c2nc(CC(=N)/C=C\N)sc2c2cnn(Cc3nc(C#N)cs3)c(=O)c21. The third-order valence-corrected chi connectivity index (χ3v) is 6.07. The molecular formula is C17H14N8OS2. The van der Waals surface area contributed by atoms with Gasteiger partial charge in [-0.15, -0.1) is 22.7 Å². The second kappa shape index (κ2) is 6.99. The molecule has 4 aromatic rings. The van der Waals surface area contributed by atoms with E-state index in [-0.39, 0.29) is 12.1 Å². The maximum Gasteiger partial charge on any atom is 0.291 e. The van der Waals surface area contributed by atoms with Gasteiger partial charge in [0, 0.05) is 29.9 Å². The van der Waals surface area contributed by atoms with Crippen LogP contribution in [0.15, 0.2) is 28.6 Å². The van der Waals surface area contributed by atoms with Gasteiger partial charge in [0.05, 0.1) is 17.4 Å². The Bertz CT molecular complexity index is 1350. The van der Waals surface area contributed by atoms with Crippen molar-refractivity contribution < 1.29 is 0 Å². The van der Waals surface area contributed by atoms with Crippen LogP contribution in [0.25, 0.3) is 21.3 Å². The summed E-state index contributed by atoms with van der Waals surface area (Å²) in [5.74, 6) is 0. The number of nitriles is 1. The summed E-state index contributed by atoms with van der Waals surface area (Å²) in [6.07, 6.45) is 4.90. The summed E-state index contributed by atoms with van der Waals surface area (Å²) in [7, 11) is 1.79. The Balaban J connectivity index is 1.76. The molecule has 0 amide bonds. The minimum absolute atomic E-state index is 0.210. The summed E-state index contributed by atoms with van der Waals surface area (Å²) in [5, 5.41) is 24.8. The van der Waals surface area contributed by atoms with E-state index >= 15 is 0 Å². The molecule has 4 aromatic heterocycles. The van der Waals surface area contributed by atoms with Gasteiger partial charge >= 0.3 is 0 Å². The van der Waals surface area contributed by atoms with Crippen molar-refractivity contribution in [1.29, 1.82) is 10.7 Å². The molecule has 0 aliphatic heterocycles. The van der Waals surface area contributed by atoms with Crippen molar-refractivity contribution in [3.63, 3.8) is 0 Å². The largest absolute Gasteiger partial charge is 0.405 e. The van der Waals surface area contributed by atoms with E-state index in [2.05, 4.69) is 15.1 Å². The number of nitrogens with zero attached hydrogens (tertiary/aromatic N) is 6. The number of nitrogens with two attached hydrogens (primary N) is 1. The van der Waals surface area contributed by atoms with Crippen LogP contribution < -0.4 is 11.3 Å². The molecular weight excluding hydrogens is 396 g/mol. The van der Waals surface area contributed by atoms with Gasteiger partial charge in [-0.05, 0) is 12.3 Å². The van der Waals surface area contributed by atoms with Crippen LogP contribution in [0.3, 0.4) is 0 Å². The van der Waals surface area contributed by atoms with Crippen molar-refractivity contribution in [3.8, 4) is 6.07 Å². The van der Waals surface area contributed by atoms with Crippen molar-refractivity contribution in [3.05, 3.63) is 49.9 Å². The molecule has 0 saturated heterocycles. The summed E-state index contributed by atoms with van der Waals surface area (Å²) >= 11 is 2.77. The number of aryl methyl sites for hydroxylation is 1. The number of thiazole rings is 2. The van der Waals surface area contributed by atoms with Gasteiger partial charge in [0.1, 0.15) is 21.6 Å². The second-order valence-corrected chi connectivity index (χ2v) is 8.01. The van der Waals surface area contributed by atoms with Gasteiger partial charge < -0.3 is 15.7 Å². The fourth-order valence-corrected chi connectivity index (χ4v) is 4.75. The van der Waals surface area contributed by atoms with Crippen LogP contribution in [-0.4, -0.2) is 30.0 Å². The zero-order valence-electron chi connectivity index (χ0n) is 14.7. The van der Waals surface area contributed by atoms with Gasteiger partial charge in [-0.1, -0.05) is 0 Å². The van der Waals surface area contributed by atoms with Crippen LogP contribution >= 0.6 is 22.7 Å². The fourth-order valence-electron chi connectivity index (χ4n) is 2.92. The lowest BCUT2D eigenvalue weighted by Gasteiger charge is -2.03. The molecule has 0 fully saturated rings. The zero-order valence-corrected chi connectivity index (χ0v) is 16.3. The average molecular weight is 410 g/mol. The quantitative estimate of drug-likeness (QED) is 0.481. The Morgan fingerprint density at radius 1 is 1.43 bits per heavy atom. The van der Waals surface area contributed by atoms with Gasteiger partial charge in [0.2, 0.25) is 0 Å². The minimum atomic E-state index is -0.237. The molecule has 0 unspecified atom stereocenters. The fraction of sp³-hybridized carbons (Fsp3) is 0.176. The van der Waals surface area contributed by atoms with Crippen LogP contribution in [0.2, 0.25) is 0 Å². The third kappa shape index (κ3) is 2.98. The monoisotopic (exact) mass is 410 g/mol. The standard InChI is InChI=1S/C17H14N8OS2/c1-24-14-11(15-16(24)23-12(28-15)4-9(20)2-3-18)6-21-25(17(14)26)7-13-22-10(5-19)8-27-13/h2-3,6,8,20H,4,7,18H2,1H3/b3-2-,20-9?. The lowest BCUT2D eigenvalue weighted by Crippen LogP contribution is -2.24. The molecule has 9 nitrogen and oxygen atoms in total. The van der Waals surface area contributed by atoms with Gasteiger partial charge in [-0.25, -0.2) is 14.6 Å². The first kappa shape index (κ1) is 18.0. The number of hydrogen-bond acceptors (Lipinski definition) is 9. The van der Waals surface area contributed by atoms with Crippen molar-refractivity contribution in [2.75, 3.05) is 0 Å². The first-order chi connectivity index (χ1) is 13.5. The Labute approximate surface area is 166 Å². The normalized spacial score (nSPS) is 11.6. The second-order valence-electron chi connectivity index (χ2n) is 5.99. The third-order valence-electron chi connectivity index (χ3n) is 4.16. The molecule has 0 saturated carbocycles. The van der Waals surface area contributed by atoms with E-state index in [1.165, 1.54) is 39.6 Å². The molecule has 0 atom stereocenters. The smallest absolute Gasteiger partial charge is 0.291 e. The Morgan fingerprint density at radius 3 is 2.96 bits per heavy atom. The lowest BCUT2D eigenvalue weighted by molar-refractivity contribution is 0.641. The van der Waals surface area contributed by atoms with Crippen molar-refractivity contribution in [2.24, 2.45) is 12.8 Å². The van der Waals surface area contributed by atoms with E-state index in [1.807, 2.05) is 6.07 Å². The van der Waals surface area contributed by atoms with E-state index in [9.17, 15) is 4.79 Å². The molecule has 0 radical (unpaired) electrons. The number of allylic oxidation sites excluding steroid dienone is 1. The molecule has 28 heavy (non-hydrogen) atoms. The van der Waals surface area contributed by atoms with Crippen molar-refractivity contribution >= 4 is 49.6 Å². The van der Waals surface area contributed by atoms with Crippen LogP contribution in [0.4, 0.5) is 0 Å². The zero-order chi connectivity index (χ0) is 19.8. The molecule has 0 aliphatic carbocycles. The van der Waals surface area contributed by atoms with E-state index < -0.39 is 0 Å². The molecule has 11 heteroatoms. The lowest BCUT2D eigenvalue weighted by atomic mass is 10.3. The number of nitrogens with one attached hydrogen (secondary N) is 1. The maximum absolute atomic E-state index is 13.0. The van der Waals surface area contributed by atoms with Crippen LogP contribution in [0.1, 0.15) is 15.7 Å². The van der Waals surface area contributed by atoms with Gasteiger partial charge in [-0.3, -0.25) is 4.79 Å². The topological polar surface area (TPSA) is 139 Å². The van der Waals surface area contributed by atoms with Gasteiger partial charge in [-0.2, -0.15) is 10.4 Å². The first-order valence-electron chi connectivity index (χ1n) is 8.16. The van der Waals surface area contributed by atoms with Crippen molar-refractivity contribution in [1.82, 2.24) is 24.3 Å². The molecule has 140 valence electrons. The first-order valence-corrected chi connectivity index (χ1v) is 9.85. The molecule has 0 aromatic carbocycles. The average Bonchev–Trinajstić information content (AvgIpc) is 3.34. The molecule has 3 N–H and O–H groups in total. The predicted molar refractivity (Wildman–Crippen MR) is 109 cm³/mol. The number of hydrogen-bond donors (Lipinski definition) is 2. The van der Waals surface area contributed by atoms with Crippen molar-refractivity contribution in [2.45, 2.75) is 13.0 Å². The van der Waals surface area contributed by atoms with E-state index in [1.54, 1.807) is 23.2 Å². The van der Waals surface area contributed by atoms with Gasteiger partial charge in [0.15, 0.2) is 11.3 Å². The molecule has 4 heterocycles. The molecule has 0 spiro atoms. The maximum atomic E-state index is 13.0. The highest BCUT2D eigenvalue weighted by molar-refractivity contribution is 7.19. The number of aromatic nitrogens is 5. The highest BCUT2D eigenvalue weighted by atomic mass is 32.1. The summed E-state index contributed by atoms with van der Waals surface area (Å²) in [6.45, 7) is 0.210. The number of fused-ring (bicyclic) bond motifs is 3. The molecule has 0 bridgehead atoms. The summed E-state index contributed by atoms with van der Waals surface area (Å²) < 4.78 is 3.97. The Kier molecular flexibility index (Phi) is 4.50. The van der Waals surface area contributed by atoms with Crippen LogP contribution in [0.5, 0.6) is 0 Å². The highest BCUT2D eigenvalue weighted by Gasteiger charge is 2.19. The summed E-state index contributed by atoms with van der Waals surface area (Å²) in [4.78, 5) is 21.7.